The molecule has 0 N–H and O–H groups in total. The lowest BCUT2D eigenvalue weighted by atomic mass is 9.95. The molecule has 126 valence electrons. The number of carbonyl (C=O) groups is 1. The maximum absolute atomic E-state index is 13.1. The van der Waals surface area contributed by atoms with Crippen molar-refractivity contribution in [2.75, 3.05) is 20.8 Å². The topological polar surface area (TPSA) is 38.8 Å². The van der Waals surface area contributed by atoms with Gasteiger partial charge in [0.2, 0.25) is 0 Å². The highest BCUT2D eigenvalue weighted by molar-refractivity contribution is 14.1. The molecule has 1 aromatic rings. The molecule has 2 fully saturated rings. The highest BCUT2D eigenvalue weighted by atomic mass is 127. The molecule has 5 heteroatoms. The highest BCUT2D eigenvalue weighted by Gasteiger charge is 2.36. The van der Waals surface area contributed by atoms with E-state index in [4.69, 9.17) is 9.47 Å². The second-order valence-electron chi connectivity index (χ2n) is 6.44. The smallest absolute Gasteiger partial charge is 0.255 e. The molecule has 1 aliphatic heterocycles. The first-order valence-electron chi connectivity index (χ1n) is 8.38. The normalized spacial score (nSPS) is 21.7. The molecule has 1 saturated heterocycles. The van der Waals surface area contributed by atoms with Crippen molar-refractivity contribution < 1.29 is 14.3 Å². The van der Waals surface area contributed by atoms with Crippen molar-refractivity contribution in [1.82, 2.24) is 4.90 Å². The standard InChI is InChI=1S/C18H24INO3/c1-22-16-10-13(14(19)11-17(16)23-2)18(21)20-9-5-8-15(20)12-6-3-4-7-12/h10-12,15H,3-9H2,1-2H3. The van der Waals surface area contributed by atoms with Crippen LogP contribution in [0.2, 0.25) is 0 Å². The maximum Gasteiger partial charge on any atom is 0.255 e. The number of halogens is 1. The highest BCUT2D eigenvalue weighted by Crippen LogP contribution is 2.37. The van der Waals surface area contributed by atoms with Gasteiger partial charge in [0, 0.05) is 16.2 Å². The second kappa shape index (κ2) is 7.28. The Bertz CT molecular complexity index is 584. The molecule has 1 unspecified atom stereocenters. The number of ether oxygens (including phenoxy) is 2. The van der Waals surface area contributed by atoms with Crippen molar-refractivity contribution in [1.29, 1.82) is 0 Å². The summed E-state index contributed by atoms with van der Waals surface area (Å²) in [6.45, 7) is 0.879. The van der Waals surface area contributed by atoms with Gasteiger partial charge in [-0.2, -0.15) is 0 Å². The van der Waals surface area contributed by atoms with E-state index >= 15 is 0 Å². The van der Waals surface area contributed by atoms with E-state index in [1.807, 2.05) is 12.1 Å². The van der Waals surface area contributed by atoms with E-state index in [0.717, 1.165) is 28.5 Å². The monoisotopic (exact) mass is 429 g/mol. The number of amides is 1. The SMILES string of the molecule is COc1cc(I)c(C(=O)N2CCCC2C2CCCC2)cc1OC. The molecular formula is C18H24INO3. The van der Waals surface area contributed by atoms with Gasteiger partial charge in [-0.1, -0.05) is 12.8 Å². The molecule has 0 spiro atoms. The molecule has 1 aromatic carbocycles. The van der Waals surface area contributed by atoms with Gasteiger partial charge in [-0.15, -0.1) is 0 Å². The van der Waals surface area contributed by atoms with Gasteiger partial charge >= 0.3 is 0 Å². The first-order valence-corrected chi connectivity index (χ1v) is 9.46. The minimum absolute atomic E-state index is 0.143. The number of nitrogens with zero attached hydrogens (tertiary/aromatic N) is 1. The van der Waals surface area contributed by atoms with E-state index in [1.165, 1.54) is 25.7 Å². The summed E-state index contributed by atoms with van der Waals surface area (Å²) >= 11 is 2.22. The number of likely N-dealkylation sites (tertiary alicyclic amines) is 1. The molecule has 0 aromatic heterocycles. The van der Waals surface area contributed by atoms with E-state index in [1.54, 1.807) is 14.2 Å². The lowest BCUT2D eigenvalue weighted by Gasteiger charge is -2.30. The van der Waals surface area contributed by atoms with Crippen molar-refractivity contribution >= 4 is 28.5 Å². The minimum atomic E-state index is 0.143. The van der Waals surface area contributed by atoms with Crippen LogP contribution >= 0.6 is 22.6 Å². The molecular weight excluding hydrogens is 405 g/mol. The minimum Gasteiger partial charge on any atom is -0.493 e. The number of benzene rings is 1. The van der Waals surface area contributed by atoms with Gasteiger partial charge in [0.05, 0.1) is 19.8 Å². The summed E-state index contributed by atoms with van der Waals surface area (Å²) in [4.78, 5) is 15.2. The number of carbonyl (C=O) groups excluding carboxylic acids is 1. The van der Waals surface area contributed by atoms with Gasteiger partial charge < -0.3 is 14.4 Å². The summed E-state index contributed by atoms with van der Waals surface area (Å²) in [5.74, 6) is 2.12. The second-order valence-corrected chi connectivity index (χ2v) is 7.60. The fraction of sp³-hybridized carbons (Fsp3) is 0.611. The average Bonchev–Trinajstić information content (AvgIpc) is 3.24. The molecule has 1 atom stereocenters. The van der Waals surface area contributed by atoms with Crippen molar-refractivity contribution in [3.63, 3.8) is 0 Å². The van der Waals surface area contributed by atoms with E-state index in [9.17, 15) is 4.79 Å². The van der Waals surface area contributed by atoms with Gasteiger partial charge in [0.1, 0.15) is 0 Å². The van der Waals surface area contributed by atoms with Crippen LogP contribution in [0.5, 0.6) is 11.5 Å². The Morgan fingerprint density at radius 3 is 2.39 bits per heavy atom. The Hall–Kier alpha value is -0.980. The van der Waals surface area contributed by atoms with Crippen LogP contribution in [0, 0.1) is 9.49 Å². The van der Waals surface area contributed by atoms with E-state index < -0.39 is 0 Å². The molecule has 4 nitrogen and oxygen atoms in total. The number of hydrogen-bond donors (Lipinski definition) is 0. The first kappa shape index (κ1) is 16.9. The van der Waals surface area contributed by atoms with Gasteiger partial charge in [-0.05, 0) is 66.3 Å². The Kier molecular flexibility index (Phi) is 5.34. The zero-order valence-electron chi connectivity index (χ0n) is 13.8. The van der Waals surface area contributed by atoms with Crippen LogP contribution in [0.3, 0.4) is 0 Å². The molecule has 1 aliphatic carbocycles. The molecule has 0 radical (unpaired) electrons. The molecule has 23 heavy (non-hydrogen) atoms. The van der Waals surface area contributed by atoms with Gasteiger partial charge in [-0.25, -0.2) is 0 Å². The number of hydrogen-bond acceptors (Lipinski definition) is 3. The molecule has 3 rings (SSSR count). The van der Waals surface area contributed by atoms with Crippen molar-refractivity contribution in [2.45, 2.75) is 44.6 Å². The molecule has 1 heterocycles. The van der Waals surface area contributed by atoms with E-state index in [2.05, 4.69) is 27.5 Å². The van der Waals surface area contributed by atoms with Crippen LogP contribution in [0.25, 0.3) is 0 Å². The van der Waals surface area contributed by atoms with Crippen molar-refractivity contribution in [2.24, 2.45) is 5.92 Å². The number of methoxy groups -OCH3 is 2. The summed E-state index contributed by atoms with van der Waals surface area (Å²) in [7, 11) is 3.22. The van der Waals surface area contributed by atoms with Crippen LogP contribution in [0.15, 0.2) is 12.1 Å². The predicted molar refractivity (Wildman–Crippen MR) is 98.3 cm³/mol. The lowest BCUT2D eigenvalue weighted by Crippen LogP contribution is -2.39. The molecule has 1 amide bonds. The Balaban J connectivity index is 1.87. The Morgan fingerprint density at radius 1 is 1.09 bits per heavy atom. The van der Waals surface area contributed by atoms with Crippen LogP contribution in [0.1, 0.15) is 48.9 Å². The van der Waals surface area contributed by atoms with Crippen molar-refractivity contribution in [3.8, 4) is 11.5 Å². The third kappa shape index (κ3) is 3.30. The fourth-order valence-corrected chi connectivity index (χ4v) is 4.72. The van der Waals surface area contributed by atoms with Crippen molar-refractivity contribution in [3.05, 3.63) is 21.3 Å². The zero-order chi connectivity index (χ0) is 16.4. The van der Waals surface area contributed by atoms with Crippen LogP contribution in [0.4, 0.5) is 0 Å². The fourth-order valence-electron chi connectivity index (χ4n) is 4.05. The Morgan fingerprint density at radius 2 is 1.74 bits per heavy atom. The first-order chi connectivity index (χ1) is 11.2. The molecule has 1 saturated carbocycles. The van der Waals surface area contributed by atoms with Crippen LogP contribution in [-0.2, 0) is 0 Å². The third-order valence-corrected chi connectivity index (χ3v) is 6.10. The lowest BCUT2D eigenvalue weighted by molar-refractivity contribution is 0.0687. The third-order valence-electron chi connectivity index (χ3n) is 5.21. The largest absolute Gasteiger partial charge is 0.493 e. The summed E-state index contributed by atoms with van der Waals surface area (Å²) in [5, 5.41) is 0. The van der Waals surface area contributed by atoms with Gasteiger partial charge in [-0.3, -0.25) is 4.79 Å². The quantitative estimate of drug-likeness (QED) is 0.677. The summed E-state index contributed by atoms with van der Waals surface area (Å²) in [6, 6.07) is 4.13. The van der Waals surface area contributed by atoms with E-state index in [-0.39, 0.29) is 5.91 Å². The number of rotatable bonds is 4. The molecule has 2 aliphatic rings. The van der Waals surface area contributed by atoms with Gasteiger partial charge in [0.25, 0.3) is 5.91 Å². The maximum atomic E-state index is 13.1. The summed E-state index contributed by atoms with van der Waals surface area (Å²) in [5.41, 5.74) is 0.730. The van der Waals surface area contributed by atoms with Gasteiger partial charge in [0.15, 0.2) is 11.5 Å². The predicted octanol–water partition coefficient (Wildman–Crippen LogP) is 4.10. The summed E-state index contributed by atoms with van der Waals surface area (Å²) < 4.78 is 11.6. The zero-order valence-corrected chi connectivity index (χ0v) is 16.0. The molecule has 0 bridgehead atoms. The summed E-state index contributed by atoms with van der Waals surface area (Å²) in [6.07, 6.45) is 7.46. The van der Waals surface area contributed by atoms with Crippen LogP contribution in [-0.4, -0.2) is 37.6 Å². The van der Waals surface area contributed by atoms with Crippen LogP contribution < -0.4 is 9.47 Å². The van der Waals surface area contributed by atoms with E-state index in [0.29, 0.717) is 23.5 Å². The average molecular weight is 429 g/mol. The Labute approximate surface area is 151 Å².